The first-order valence-electron chi connectivity index (χ1n) is 7.84. The summed E-state index contributed by atoms with van der Waals surface area (Å²) >= 11 is 0. The Hall–Kier alpha value is -3.09. The van der Waals surface area contributed by atoms with Crippen LogP contribution in [0.4, 0.5) is 16.2 Å². The Kier molecular flexibility index (Phi) is 4.31. The predicted octanol–water partition coefficient (Wildman–Crippen LogP) is 3.81. The molecule has 0 aliphatic carbocycles. The largest absolute Gasteiger partial charge is 0.495 e. The van der Waals surface area contributed by atoms with E-state index in [0.717, 1.165) is 0 Å². The number of aromatic nitrogens is 3. The maximum atomic E-state index is 12.9. The zero-order valence-electron chi connectivity index (χ0n) is 14.6. The van der Waals surface area contributed by atoms with Crippen molar-refractivity contribution in [3.8, 4) is 5.75 Å². The Balaban J connectivity index is 2.12. The lowest BCUT2D eigenvalue weighted by molar-refractivity contribution is 0.0598. The number of nitrogens with zero attached hydrogens (tertiary/aromatic N) is 4. The normalized spacial score (nSPS) is 11.4. The molecule has 25 heavy (non-hydrogen) atoms. The molecular weight excluding hydrogens is 320 g/mol. The van der Waals surface area contributed by atoms with Gasteiger partial charge >= 0.3 is 6.09 Å². The maximum absolute atomic E-state index is 12.9. The average Bonchev–Trinajstić information content (AvgIpc) is 3.01. The Morgan fingerprint density at radius 1 is 1.20 bits per heavy atom. The van der Waals surface area contributed by atoms with Crippen LogP contribution in [-0.4, -0.2) is 33.4 Å². The fourth-order valence-corrected chi connectivity index (χ4v) is 2.41. The molecule has 0 aliphatic rings. The first kappa shape index (κ1) is 16.8. The third-order valence-corrected chi connectivity index (χ3v) is 3.42. The average molecular weight is 340 g/mol. The van der Waals surface area contributed by atoms with Gasteiger partial charge in [0, 0.05) is 12.3 Å². The van der Waals surface area contributed by atoms with Gasteiger partial charge in [-0.3, -0.25) is 0 Å². The van der Waals surface area contributed by atoms with Gasteiger partial charge < -0.3 is 9.47 Å². The fourth-order valence-electron chi connectivity index (χ4n) is 2.41. The second-order valence-corrected chi connectivity index (χ2v) is 6.44. The van der Waals surface area contributed by atoms with Crippen LogP contribution in [0.3, 0.4) is 0 Å². The Morgan fingerprint density at radius 2 is 1.96 bits per heavy atom. The molecule has 2 aromatic heterocycles. The van der Waals surface area contributed by atoms with Gasteiger partial charge in [0.05, 0.1) is 18.5 Å². The van der Waals surface area contributed by atoms with E-state index in [1.807, 2.05) is 32.9 Å². The van der Waals surface area contributed by atoms with Crippen molar-refractivity contribution in [2.45, 2.75) is 26.4 Å². The SMILES string of the molecule is COc1ccccc1N(C(=O)OC(C)(C)C)c1ccn2ncnc2c1. The number of hydrogen-bond acceptors (Lipinski definition) is 5. The monoisotopic (exact) mass is 340 g/mol. The Labute approximate surface area is 145 Å². The molecule has 1 aromatic carbocycles. The molecule has 0 saturated heterocycles. The van der Waals surface area contributed by atoms with E-state index in [-0.39, 0.29) is 0 Å². The molecule has 0 bridgehead atoms. The van der Waals surface area contributed by atoms with Crippen LogP contribution in [0.1, 0.15) is 20.8 Å². The second-order valence-electron chi connectivity index (χ2n) is 6.44. The van der Waals surface area contributed by atoms with Crippen LogP contribution in [0.25, 0.3) is 5.65 Å². The number of pyridine rings is 1. The quantitative estimate of drug-likeness (QED) is 0.725. The summed E-state index contributed by atoms with van der Waals surface area (Å²) in [6.45, 7) is 5.48. The maximum Gasteiger partial charge on any atom is 0.419 e. The van der Waals surface area contributed by atoms with Crippen molar-refractivity contribution in [3.05, 3.63) is 48.9 Å². The van der Waals surface area contributed by atoms with Crippen molar-refractivity contribution in [3.63, 3.8) is 0 Å². The molecule has 130 valence electrons. The van der Waals surface area contributed by atoms with Crippen molar-refractivity contribution in [1.29, 1.82) is 0 Å². The van der Waals surface area contributed by atoms with Crippen molar-refractivity contribution >= 4 is 23.1 Å². The molecular formula is C18H20N4O3. The summed E-state index contributed by atoms with van der Waals surface area (Å²) in [7, 11) is 1.56. The van der Waals surface area contributed by atoms with E-state index in [0.29, 0.717) is 22.8 Å². The van der Waals surface area contributed by atoms with Crippen LogP contribution >= 0.6 is 0 Å². The van der Waals surface area contributed by atoms with Gasteiger partial charge in [-0.25, -0.2) is 19.2 Å². The summed E-state index contributed by atoms with van der Waals surface area (Å²) in [5.74, 6) is 0.565. The number of benzene rings is 1. The highest BCUT2D eigenvalue weighted by molar-refractivity contribution is 5.98. The lowest BCUT2D eigenvalue weighted by atomic mass is 10.2. The minimum Gasteiger partial charge on any atom is -0.495 e. The number of ether oxygens (including phenoxy) is 2. The molecule has 0 atom stereocenters. The molecule has 0 radical (unpaired) electrons. The lowest BCUT2D eigenvalue weighted by Gasteiger charge is -2.28. The van der Waals surface area contributed by atoms with Gasteiger partial charge in [0.15, 0.2) is 5.65 Å². The number of anilines is 2. The number of rotatable bonds is 3. The van der Waals surface area contributed by atoms with E-state index in [2.05, 4.69) is 10.1 Å². The smallest absolute Gasteiger partial charge is 0.419 e. The third kappa shape index (κ3) is 3.55. The molecule has 0 aliphatic heterocycles. The molecule has 0 spiro atoms. The Bertz CT molecular complexity index is 898. The minimum atomic E-state index is -0.629. The molecule has 0 saturated carbocycles. The van der Waals surface area contributed by atoms with Gasteiger partial charge in [-0.15, -0.1) is 0 Å². The van der Waals surface area contributed by atoms with Gasteiger partial charge in [-0.05, 0) is 39.0 Å². The van der Waals surface area contributed by atoms with E-state index in [1.165, 1.54) is 11.2 Å². The van der Waals surface area contributed by atoms with Gasteiger partial charge in [0.25, 0.3) is 0 Å². The van der Waals surface area contributed by atoms with Gasteiger partial charge in [-0.1, -0.05) is 12.1 Å². The van der Waals surface area contributed by atoms with E-state index >= 15 is 0 Å². The molecule has 3 aromatic rings. The fraction of sp³-hybridized carbons (Fsp3) is 0.278. The van der Waals surface area contributed by atoms with Crippen LogP contribution < -0.4 is 9.64 Å². The molecule has 1 amide bonds. The predicted molar refractivity (Wildman–Crippen MR) is 94.4 cm³/mol. The van der Waals surface area contributed by atoms with Crippen LogP contribution in [-0.2, 0) is 4.74 Å². The highest BCUT2D eigenvalue weighted by Gasteiger charge is 2.27. The lowest BCUT2D eigenvalue weighted by Crippen LogP contribution is -2.34. The van der Waals surface area contributed by atoms with Crippen molar-refractivity contribution in [2.24, 2.45) is 0 Å². The number of carbonyl (C=O) groups is 1. The summed E-state index contributed by atoms with van der Waals surface area (Å²) < 4.78 is 12.6. The van der Waals surface area contributed by atoms with E-state index in [9.17, 15) is 4.79 Å². The van der Waals surface area contributed by atoms with Crippen LogP contribution in [0.5, 0.6) is 5.75 Å². The molecule has 2 heterocycles. The summed E-state index contributed by atoms with van der Waals surface area (Å²) in [5.41, 5.74) is 1.19. The van der Waals surface area contributed by atoms with E-state index in [4.69, 9.17) is 9.47 Å². The number of fused-ring (bicyclic) bond motifs is 1. The number of hydrogen-bond donors (Lipinski definition) is 0. The summed E-state index contributed by atoms with van der Waals surface area (Å²) in [5, 5.41) is 4.08. The molecule has 3 rings (SSSR count). The molecule has 7 nitrogen and oxygen atoms in total. The first-order chi connectivity index (χ1) is 11.9. The van der Waals surface area contributed by atoms with Crippen LogP contribution in [0.2, 0.25) is 0 Å². The van der Waals surface area contributed by atoms with Crippen LogP contribution in [0, 0.1) is 0 Å². The third-order valence-electron chi connectivity index (χ3n) is 3.42. The van der Waals surface area contributed by atoms with Crippen LogP contribution in [0.15, 0.2) is 48.9 Å². The number of para-hydroxylation sites is 2. The molecule has 0 unspecified atom stereocenters. The second kappa shape index (κ2) is 6.43. The van der Waals surface area contributed by atoms with E-state index in [1.54, 1.807) is 42.1 Å². The van der Waals surface area contributed by atoms with Crippen molar-refractivity contribution < 1.29 is 14.3 Å². The first-order valence-corrected chi connectivity index (χ1v) is 7.84. The topological polar surface area (TPSA) is 69.0 Å². The van der Waals surface area contributed by atoms with Crippen molar-refractivity contribution in [2.75, 3.05) is 12.0 Å². The van der Waals surface area contributed by atoms with Crippen molar-refractivity contribution in [1.82, 2.24) is 14.6 Å². The zero-order chi connectivity index (χ0) is 18.0. The molecule has 7 heteroatoms. The molecule has 0 fully saturated rings. The molecule has 0 N–H and O–H groups in total. The summed E-state index contributed by atoms with van der Waals surface area (Å²) in [4.78, 5) is 18.6. The minimum absolute atomic E-state index is 0.499. The van der Waals surface area contributed by atoms with Gasteiger partial charge in [-0.2, -0.15) is 5.10 Å². The highest BCUT2D eigenvalue weighted by atomic mass is 16.6. The highest BCUT2D eigenvalue weighted by Crippen LogP contribution is 2.35. The number of amides is 1. The summed E-state index contributed by atoms with van der Waals surface area (Å²) in [6, 6.07) is 10.8. The number of carbonyl (C=O) groups excluding carboxylic acids is 1. The summed E-state index contributed by atoms with van der Waals surface area (Å²) in [6.07, 6.45) is 2.70. The number of methoxy groups -OCH3 is 1. The van der Waals surface area contributed by atoms with Gasteiger partial charge in [0.2, 0.25) is 0 Å². The zero-order valence-corrected chi connectivity index (χ0v) is 14.6. The van der Waals surface area contributed by atoms with E-state index < -0.39 is 11.7 Å². The standard InChI is InChI=1S/C18H20N4O3/c1-18(2,3)25-17(23)22(14-7-5-6-8-15(14)24-4)13-9-10-21-16(11-13)19-12-20-21/h5-12H,1-4H3. The van der Waals surface area contributed by atoms with Gasteiger partial charge in [0.1, 0.15) is 17.7 Å². The Morgan fingerprint density at radius 3 is 2.68 bits per heavy atom.